The highest BCUT2D eigenvalue weighted by Crippen LogP contribution is 2.65. The summed E-state index contributed by atoms with van der Waals surface area (Å²) in [5, 5.41) is 0.0994. The molecular formula is C20H24ClN3O2S. The summed E-state index contributed by atoms with van der Waals surface area (Å²) in [6.45, 7) is 4.64. The fraction of sp³-hybridized carbons (Fsp3) is 0.600. The van der Waals surface area contributed by atoms with Crippen LogP contribution in [0.25, 0.3) is 11.0 Å². The zero-order valence-electron chi connectivity index (χ0n) is 15.6. The Morgan fingerprint density at radius 3 is 2.26 bits per heavy atom. The summed E-state index contributed by atoms with van der Waals surface area (Å²) in [6, 6.07) is 7.33. The zero-order chi connectivity index (χ0) is 19.0. The van der Waals surface area contributed by atoms with E-state index in [2.05, 4.69) is 28.5 Å². The SMILES string of the molecule is CC1(C)C2CC3CC1CC(S(=O)(=O)Nc1nc4ccccc4nc1Cl)(C3)C2. The number of halogens is 1. The van der Waals surface area contributed by atoms with E-state index in [4.69, 9.17) is 11.6 Å². The molecule has 4 fully saturated rings. The van der Waals surface area contributed by atoms with Gasteiger partial charge >= 0.3 is 0 Å². The Bertz CT molecular complexity index is 1020. The molecule has 0 radical (unpaired) electrons. The van der Waals surface area contributed by atoms with Crippen LogP contribution < -0.4 is 4.72 Å². The van der Waals surface area contributed by atoms with Crippen LogP contribution in [0.4, 0.5) is 5.82 Å². The van der Waals surface area contributed by atoms with E-state index in [1.807, 2.05) is 24.3 Å². The van der Waals surface area contributed by atoms with Gasteiger partial charge in [-0.2, -0.15) is 0 Å². The van der Waals surface area contributed by atoms with Crippen molar-refractivity contribution < 1.29 is 8.42 Å². The van der Waals surface area contributed by atoms with Gasteiger partial charge in [-0.1, -0.05) is 37.6 Å². The maximum absolute atomic E-state index is 13.5. The van der Waals surface area contributed by atoms with Gasteiger partial charge in [0.1, 0.15) is 0 Å². The van der Waals surface area contributed by atoms with E-state index in [1.54, 1.807) is 0 Å². The van der Waals surface area contributed by atoms with Gasteiger partial charge in [-0.25, -0.2) is 18.4 Å². The Hall–Kier alpha value is -1.40. The fourth-order valence-electron chi connectivity index (χ4n) is 5.98. The number of anilines is 1. The van der Waals surface area contributed by atoms with Crippen LogP contribution in [0.15, 0.2) is 24.3 Å². The Morgan fingerprint density at radius 2 is 1.63 bits per heavy atom. The third-order valence-corrected chi connectivity index (χ3v) is 9.93. The molecule has 4 aliphatic carbocycles. The van der Waals surface area contributed by atoms with Gasteiger partial charge in [0.2, 0.25) is 10.0 Å². The number of nitrogens with one attached hydrogen (secondary N) is 1. The Labute approximate surface area is 165 Å². The van der Waals surface area contributed by atoms with Gasteiger partial charge in [-0.15, -0.1) is 0 Å². The second-order valence-corrected chi connectivity index (χ2v) is 11.7. The molecule has 2 atom stereocenters. The average Bonchev–Trinajstić information content (AvgIpc) is 2.60. The summed E-state index contributed by atoms with van der Waals surface area (Å²) in [6.07, 6.45) is 4.56. The number of hydrogen-bond donors (Lipinski definition) is 1. The van der Waals surface area contributed by atoms with E-state index in [0.717, 1.165) is 32.1 Å². The minimum absolute atomic E-state index is 0.0994. The maximum Gasteiger partial charge on any atom is 0.239 e. The first-order valence-corrected chi connectivity index (χ1v) is 11.5. The zero-order valence-corrected chi connectivity index (χ0v) is 17.1. The van der Waals surface area contributed by atoms with Crippen molar-refractivity contribution in [3.05, 3.63) is 29.4 Å². The summed E-state index contributed by atoms with van der Waals surface area (Å²) in [7, 11) is -3.61. The van der Waals surface area contributed by atoms with Crippen molar-refractivity contribution in [2.45, 2.75) is 50.7 Å². The molecule has 4 aliphatic rings. The molecule has 7 heteroatoms. The van der Waals surface area contributed by atoms with Gasteiger partial charge in [0.25, 0.3) is 0 Å². The lowest BCUT2D eigenvalue weighted by Gasteiger charge is -2.62. The summed E-state index contributed by atoms with van der Waals surface area (Å²) in [5.74, 6) is 1.60. The molecule has 144 valence electrons. The fourth-order valence-corrected chi connectivity index (χ4v) is 8.13. The van der Waals surface area contributed by atoms with Crippen LogP contribution in [-0.4, -0.2) is 23.1 Å². The van der Waals surface area contributed by atoms with E-state index in [-0.39, 0.29) is 16.4 Å². The third kappa shape index (κ3) is 2.52. The van der Waals surface area contributed by atoms with Crippen LogP contribution in [0.3, 0.4) is 0 Å². The van der Waals surface area contributed by atoms with Crippen molar-refractivity contribution >= 4 is 38.5 Å². The van der Waals surface area contributed by atoms with Crippen molar-refractivity contribution in [1.29, 1.82) is 0 Å². The van der Waals surface area contributed by atoms with Crippen LogP contribution in [0.5, 0.6) is 0 Å². The standard InChI is InChI=1S/C20H24ClN3O2S/c1-19(2)13-7-12-8-14(19)11-20(9-12,10-13)27(25,26)24-18-17(21)22-15-5-3-4-6-16(15)23-18/h3-6,12-14H,7-11H2,1-2H3,(H,23,24). The molecule has 0 saturated heterocycles. The molecule has 4 bridgehead atoms. The third-order valence-electron chi connectivity index (χ3n) is 7.57. The molecule has 1 heterocycles. The van der Waals surface area contributed by atoms with Crippen LogP contribution in [-0.2, 0) is 10.0 Å². The van der Waals surface area contributed by atoms with Crippen molar-refractivity contribution in [1.82, 2.24) is 9.97 Å². The maximum atomic E-state index is 13.5. The van der Waals surface area contributed by atoms with E-state index < -0.39 is 14.8 Å². The summed E-state index contributed by atoms with van der Waals surface area (Å²) < 4.78 is 29.1. The minimum Gasteiger partial charge on any atom is -0.264 e. The molecule has 5 nitrogen and oxygen atoms in total. The second-order valence-electron chi connectivity index (χ2n) is 9.31. The van der Waals surface area contributed by atoms with Crippen LogP contribution >= 0.6 is 11.6 Å². The average molecular weight is 406 g/mol. The Morgan fingerprint density at radius 1 is 1.04 bits per heavy atom. The molecule has 4 saturated carbocycles. The van der Waals surface area contributed by atoms with Gasteiger partial charge < -0.3 is 0 Å². The van der Waals surface area contributed by atoms with Gasteiger partial charge in [-0.05, 0) is 67.4 Å². The van der Waals surface area contributed by atoms with Crippen molar-refractivity contribution in [3.63, 3.8) is 0 Å². The molecule has 0 spiro atoms. The van der Waals surface area contributed by atoms with E-state index >= 15 is 0 Å². The van der Waals surface area contributed by atoms with E-state index in [9.17, 15) is 8.42 Å². The van der Waals surface area contributed by atoms with Crippen molar-refractivity contribution in [2.24, 2.45) is 23.2 Å². The quantitative estimate of drug-likeness (QED) is 0.807. The predicted octanol–water partition coefficient (Wildman–Crippen LogP) is 4.63. The normalized spacial score (nSPS) is 34.1. The Balaban J connectivity index is 1.52. The molecule has 2 unspecified atom stereocenters. The van der Waals surface area contributed by atoms with Gasteiger partial charge in [0.15, 0.2) is 11.0 Å². The molecule has 1 aromatic heterocycles. The number of fused-ring (bicyclic) bond motifs is 1. The van der Waals surface area contributed by atoms with E-state index in [1.165, 1.54) is 0 Å². The number of hydrogen-bond acceptors (Lipinski definition) is 4. The number of benzene rings is 1. The summed E-state index contributed by atoms with van der Waals surface area (Å²) in [4.78, 5) is 8.74. The first-order valence-electron chi connectivity index (χ1n) is 9.65. The molecule has 0 aliphatic heterocycles. The number of sulfonamides is 1. The molecule has 27 heavy (non-hydrogen) atoms. The second kappa shape index (κ2) is 5.57. The lowest BCUT2D eigenvalue weighted by molar-refractivity contribution is -0.0772. The molecular weight excluding hydrogens is 382 g/mol. The Kier molecular flexibility index (Phi) is 3.65. The summed E-state index contributed by atoms with van der Waals surface area (Å²) >= 11 is 6.26. The number of nitrogens with zero attached hydrogens (tertiary/aromatic N) is 2. The smallest absolute Gasteiger partial charge is 0.239 e. The predicted molar refractivity (Wildman–Crippen MR) is 107 cm³/mol. The molecule has 0 amide bonds. The van der Waals surface area contributed by atoms with Gasteiger partial charge in [-0.3, -0.25) is 4.72 Å². The summed E-state index contributed by atoms with van der Waals surface area (Å²) in [5.41, 5.74) is 1.52. The van der Waals surface area contributed by atoms with Crippen molar-refractivity contribution in [3.8, 4) is 0 Å². The number of para-hydroxylation sites is 2. The van der Waals surface area contributed by atoms with Crippen molar-refractivity contribution in [2.75, 3.05) is 4.72 Å². The van der Waals surface area contributed by atoms with Crippen LogP contribution in [0.1, 0.15) is 46.0 Å². The molecule has 1 aromatic carbocycles. The largest absolute Gasteiger partial charge is 0.264 e. The first kappa shape index (κ1) is 17.7. The van der Waals surface area contributed by atoms with E-state index in [0.29, 0.717) is 28.8 Å². The van der Waals surface area contributed by atoms with Gasteiger partial charge in [0.05, 0.1) is 15.8 Å². The number of rotatable bonds is 3. The molecule has 1 N–H and O–H groups in total. The first-order chi connectivity index (χ1) is 12.7. The highest BCUT2D eigenvalue weighted by Gasteiger charge is 2.63. The number of aromatic nitrogens is 2. The minimum atomic E-state index is -3.61. The topological polar surface area (TPSA) is 72.0 Å². The molecule has 2 aromatic rings. The highest BCUT2D eigenvalue weighted by atomic mass is 35.5. The lowest BCUT2D eigenvalue weighted by Crippen LogP contribution is -2.61. The van der Waals surface area contributed by atoms with Gasteiger partial charge in [0, 0.05) is 0 Å². The molecule has 6 rings (SSSR count). The highest BCUT2D eigenvalue weighted by molar-refractivity contribution is 7.94. The van der Waals surface area contributed by atoms with Crippen LogP contribution in [0.2, 0.25) is 5.15 Å². The van der Waals surface area contributed by atoms with Crippen LogP contribution in [0, 0.1) is 23.2 Å². The lowest BCUT2D eigenvalue weighted by atomic mass is 9.46. The monoisotopic (exact) mass is 405 g/mol.